The predicted octanol–water partition coefficient (Wildman–Crippen LogP) is 0.361. The van der Waals surface area contributed by atoms with E-state index >= 15 is 0 Å². The SMILES string of the molecule is CCNC(=O)CN1C(=O)N[C@@](C)(c2ccc3c(c2)OCCO3)C1=O. The molecule has 0 spiro atoms. The molecule has 8 heteroatoms. The molecule has 1 aromatic rings. The topological polar surface area (TPSA) is 97.0 Å². The van der Waals surface area contributed by atoms with Gasteiger partial charge < -0.3 is 20.1 Å². The Bertz CT molecular complexity index is 705. The monoisotopic (exact) mass is 333 g/mol. The maximum absolute atomic E-state index is 12.7. The molecule has 1 atom stereocenters. The average molecular weight is 333 g/mol. The standard InChI is InChI=1S/C16H19N3O5/c1-3-17-13(20)9-19-14(21)16(2,18-15(19)22)10-4-5-11-12(8-10)24-7-6-23-11/h4-5,8H,3,6-7,9H2,1-2H3,(H,17,20)(H,18,22)/t16-/m0/s1. The highest BCUT2D eigenvalue weighted by Crippen LogP contribution is 2.36. The van der Waals surface area contributed by atoms with Crippen molar-refractivity contribution in [2.45, 2.75) is 19.4 Å². The number of rotatable bonds is 4. The lowest BCUT2D eigenvalue weighted by molar-refractivity contribution is -0.134. The Hall–Kier alpha value is -2.77. The number of fused-ring (bicyclic) bond motifs is 1. The molecule has 0 saturated carbocycles. The Balaban J connectivity index is 1.86. The first-order valence-electron chi connectivity index (χ1n) is 7.76. The predicted molar refractivity (Wildman–Crippen MR) is 83.7 cm³/mol. The van der Waals surface area contributed by atoms with Crippen molar-refractivity contribution in [1.82, 2.24) is 15.5 Å². The van der Waals surface area contributed by atoms with E-state index in [4.69, 9.17) is 9.47 Å². The molecule has 2 heterocycles. The molecule has 1 aromatic carbocycles. The van der Waals surface area contributed by atoms with Gasteiger partial charge in [0.25, 0.3) is 5.91 Å². The summed E-state index contributed by atoms with van der Waals surface area (Å²) in [6.07, 6.45) is 0. The molecule has 3 rings (SSSR count). The molecule has 1 fully saturated rings. The lowest BCUT2D eigenvalue weighted by atomic mass is 9.91. The highest BCUT2D eigenvalue weighted by molar-refractivity contribution is 6.09. The highest BCUT2D eigenvalue weighted by Gasteiger charge is 2.49. The number of carbonyl (C=O) groups excluding carboxylic acids is 3. The fourth-order valence-electron chi connectivity index (χ4n) is 2.79. The van der Waals surface area contributed by atoms with Crippen LogP contribution < -0.4 is 20.1 Å². The fourth-order valence-corrected chi connectivity index (χ4v) is 2.79. The van der Waals surface area contributed by atoms with Crippen molar-refractivity contribution in [1.29, 1.82) is 0 Å². The summed E-state index contributed by atoms with van der Waals surface area (Å²) in [4.78, 5) is 37.5. The van der Waals surface area contributed by atoms with Gasteiger partial charge in [-0.1, -0.05) is 6.07 Å². The maximum Gasteiger partial charge on any atom is 0.325 e. The van der Waals surface area contributed by atoms with Gasteiger partial charge in [0.2, 0.25) is 5.91 Å². The van der Waals surface area contributed by atoms with Crippen LogP contribution in [0.5, 0.6) is 11.5 Å². The summed E-state index contributed by atoms with van der Waals surface area (Å²) in [5.41, 5.74) is -0.678. The quantitative estimate of drug-likeness (QED) is 0.776. The van der Waals surface area contributed by atoms with E-state index in [-0.39, 0.29) is 12.5 Å². The van der Waals surface area contributed by atoms with E-state index in [1.54, 1.807) is 32.0 Å². The van der Waals surface area contributed by atoms with E-state index < -0.39 is 17.5 Å². The van der Waals surface area contributed by atoms with E-state index in [0.717, 1.165) is 4.90 Å². The minimum Gasteiger partial charge on any atom is -0.486 e. The molecule has 8 nitrogen and oxygen atoms in total. The molecule has 128 valence electrons. The number of hydrogen-bond donors (Lipinski definition) is 2. The van der Waals surface area contributed by atoms with Gasteiger partial charge in [0.1, 0.15) is 25.3 Å². The lowest BCUT2D eigenvalue weighted by Gasteiger charge is -2.25. The number of nitrogens with one attached hydrogen (secondary N) is 2. The third-order valence-electron chi connectivity index (χ3n) is 4.07. The number of ether oxygens (including phenoxy) is 2. The second-order valence-electron chi connectivity index (χ2n) is 5.76. The summed E-state index contributed by atoms with van der Waals surface area (Å²) in [6.45, 7) is 4.40. The van der Waals surface area contributed by atoms with E-state index in [9.17, 15) is 14.4 Å². The van der Waals surface area contributed by atoms with Gasteiger partial charge in [-0.15, -0.1) is 0 Å². The largest absolute Gasteiger partial charge is 0.486 e. The van der Waals surface area contributed by atoms with Crippen LogP contribution in [0.15, 0.2) is 18.2 Å². The lowest BCUT2D eigenvalue weighted by Crippen LogP contribution is -2.43. The Kier molecular flexibility index (Phi) is 4.04. The van der Waals surface area contributed by atoms with Gasteiger partial charge >= 0.3 is 6.03 Å². The van der Waals surface area contributed by atoms with Crippen LogP contribution >= 0.6 is 0 Å². The van der Waals surface area contributed by atoms with Gasteiger partial charge in [-0.05, 0) is 31.5 Å². The normalized spacial score (nSPS) is 22.3. The third kappa shape index (κ3) is 2.64. The van der Waals surface area contributed by atoms with Crippen LogP contribution in [0, 0.1) is 0 Å². The number of nitrogens with zero attached hydrogens (tertiary/aromatic N) is 1. The number of urea groups is 1. The van der Waals surface area contributed by atoms with Crippen molar-refractivity contribution >= 4 is 17.8 Å². The zero-order valence-corrected chi connectivity index (χ0v) is 13.5. The number of benzene rings is 1. The van der Waals surface area contributed by atoms with E-state index in [2.05, 4.69) is 10.6 Å². The number of hydrogen-bond acceptors (Lipinski definition) is 5. The molecule has 2 N–H and O–H groups in total. The fraction of sp³-hybridized carbons (Fsp3) is 0.438. The van der Waals surface area contributed by atoms with E-state index in [1.807, 2.05) is 0 Å². The van der Waals surface area contributed by atoms with Crippen LogP contribution in [0.2, 0.25) is 0 Å². The Morgan fingerprint density at radius 2 is 2.00 bits per heavy atom. The zero-order chi connectivity index (χ0) is 17.3. The smallest absolute Gasteiger partial charge is 0.325 e. The summed E-state index contributed by atoms with van der Waals surface area (Å²) in [5, 5.41) is 5.23. The van der Waals surface area contributed by atoms with Gasteiger partial charge in [0.15, 0.2) is 11.5 Å². The van der Waals surface area contributed by atoms with Gasteiger partial charge in [-0.2, -0.15) is 0 Å². The van der Waals surface area contributed by atoms with Gasteiger partial charge in [0, 0.05) is 6.54 Å². The first kappa shape index (κ1) is 16.1. The molecule has 4 amide bonds. The molecule has 1 saturated heterocycles. The van der Waals surface area contributed by atoms with E-state index in [1.165, 1.54) is 0 Å². The zero-order valence-electron chi connectivity index (χ0n) is 13.5. The summed E-state index contributed by atoms with van der Waals surface area (Å²) in [7, 11) is 0. The summed E-state index contributed by atoms with van der Waals surface area (Å²) in [6, 6.07) is 4.51. The van der Waals surface area contributed by atoms with Crippen LogP contribution in [0.3, 0.4) is 0 Å². The summed E-state index contributed by atoms with van der Waals surface area (Å²) in [5.74, 6) is 0.275. The van der Waals surface area contributed by atoms with Crippen molar-refractivity contribution in [3.8, 4) is 11.5 Å². The first-order chi connectivity index (χ1) is 11.5. The summed E-state index contributed by atoms with van der Waals surface area (Å²) < 4.78 is 11.0. The summed E-state index contributed by atoms with van der Waals surface area (Å²) >= 11 is 0. The molecular weight excluding hydrogens is 314 g/mol. The molecule has 0 aromatic heterocycles. The Morgan fingerprint density at radius 1 is 1.29 bits per heavy atom. The van der Waals surface area contributed by atoms with Crippen molar-refractivity contribution < 1.29 is 23.9 Å². The number of amides is 4. The minimum atomic E-state index is -1.25. The van der Waals surface area contributed by atoms with Crippen molar-refractivity contribution in [3.63, 3.8) is 0 Å². The minimum absolute atomic E-state index is 0.307. The highest BCUT2D eigenvalue weighted by atomic mass is 16.6. The van der Waals surface area contributed by atoms with Crippen molar-refractivity contribution in [2.24, 2.45) is 0 Å². The van der Waals surface area contributed by atoms with Gasteiger partial charge in [-0.3, -0.25) is 14.5 Å². The second-order valence-corrected chi connectivity index (χ2v) is 5.76. The molecule has 24 heavy (non-hydrogen) atoms. The number of imide groups is 1. The number of carbonyl (C=O) groups is 3. The average Bonchev–Trinajstić information content (AvgIpc) is 2.79. The molecule has 0 bridgehead atoms. The molecule has 2 aliphatic heterocycles. The van der Waals surface area contributed by atoms with Gasteiger partial charge in [0.05, 0.1) is 0 Å². The first-order valence-corrected chi connectivity index (χ1v) is 7.76. The van der Waals surface area contributed by atoms with Gasteiger partial charge in [-0.25, -0.2) is 4.79 Å². The molecule has 0 aliphatic carbocycles. The van der Waals surface area contributed by atoms with Crippen LogP contribution in [0.25, 0.3) is 0 Å². The number of likely N-dealkylation sites (N-methyl/N-ethyl adjacent to an activating group) is 1. The Morgan fingerprint density at radius 3 is 2.71 bits per heavy atom. The van der Waals surface area contributed by atoms with Crippen LogP contribution in [0.1, 0.15) is 19.4 Å². The van der Waals surface area contributed by atoms with Crippen LogP contribution in [-0.2, 0) is 15.1 Å². The van der Waals surface area contributed by atoms with Crippen LogP contribution in [0.4, 0.5) is 4.79 Å². The molecule has 0 radical (unpaired) electrons. The molecular formula is C16H19N3O5. The third-order valence-corrected chi connectivity index (χ3v) is 4.07. The van der Waals surface area contributed by atoms with E-state index in [0.29, 0.717) is 36.8 Å². The van der Waals surface area contributed by atoms with Crippen LogP contribution in [-0.4, -0.2) is 49.0 Å². The maximum atomic E-state index is 12.7. The Labute approximate surface area is 139 Å². The second kappa shape index (κ2) is 6.03. The molecule has 2 aliphatic rings. The molecule has 0 unspecified atom stereocenters. The van der Waals surface area contributed by atoms with Crippen molar-refractivity contribution in [3.05, 3.63) is 23.8 Å². The van der Waals surface area contributed by atoms with Crippen molar-refractivity contribution in [2.75, 3.05) is 26.3 Å².